The Morgan fingerprint density at radius 2 is 1.69 bits per heavy atom. The van der Waals surface area contributed by atoms with E-state index in [1.54, 1.807) is 60.7 Å². The summed E-state index contributed by atoms with van der Waals surface area (Å²) in [6.07, 6.45) is 4.24. The maximum Gasteiger partial charge on any atom is 0.272 e. The molecular weight excluding hydrogens is 677 g/mol. The number of rotatable bonds is 12. The molecule has 3 amide bonds. The predicted molar refractivity (Wildman–Crippen MR) is 204 cm³/mol. The number of fused-ring (bicyclic) bond motifs is 1. The highest BCUT2D eigenvalue weighted by Gasteiger charge is 2.27. The van der Waals surface area contributed by atoms with Gasteiger partial charge in [0.15, 0.2) is 0 Å². The zero-order chi connectivity index (χ0) is 35.6. The van der Waals surface area contributed by atoms with Gasteiger partial charge >= 0.3 is 0 Å². The lowest BCUT2D eigenvalue weighted by Crippen LogP contribution is -2.30. The molecule has 1 unspecified atom stereocenters. The standard InChI is InChI=1S/C41H36N4O4S2/c1-2-49-32-19-16-27(17-20-32)22-36(44-39(47)29-12-7-4-8-13-29)40(48)43-31-14-9-15-33(24-31)50-26-38(46)45-41-35(25-42)34-21-18-30(23-37(34)51-41)28-10-5-3-6-11-28/h3-17,19-20,22,24,30H,2,18,21,23,26H2,1H3,(H,43,48)(H,44,47)(H,45,46)/b36-22+. The Hall–Kier alpha value is -5.63. The first kappa shape index (κ1) is 35.2. The number of benzene rings is 4. The Balaban J connectivity index is 1.10. The lowest BCUT2D eigenvalue weighted by atomic mass is 9.83. The van der Waals surface area contributed by atoms with Gasteiger partial charge in [-0.3, -0.25) is 14.4 Å². The molecule has 1 aromatic heterocycles. The molecule has 4 aromatic carbocycles. The second kappa shape index (κ2) is 16.9. The third-order valence-electron chi connectivity index (χ3n) is 8.39. The van der Waals surface area contributed by atoms with Gasteiger partial charge in [-0.15, -0.1) is 23.1 Å². The number of hydrogen-bond donors (Lipinski definition) is 3. The number of anilines is 2. The summed E-state index contributed by atoms with van der Waals surface area (Å²) in [6, 6.07) is 35.8. The van der Waals surface area contributed by atoms with Crippen LogP contribution in [-0.2, 0) is 22.4 Å². The van der Waals surface area contributed by atoms with Crippen LogP contribution in [0.5, 0.6) is 5.75 Å². The molecule has 6 rings (SSSR count). The van der Waals surface area contributed by atoms with E-state index in [-0.39, 0.29) is 17.4 Å². The third-order valence-corrected chi connectivity index (χ3v) is 10.6. The topological polar surface area (TPSA) is 120 Å². The van der Waals surface area contributed by atoms with E-state index in [0.717, 1.165) is 34.6 Å². The summed E-state index contributed by atoms with van der Waals surface area (Å²) < 4.78 is 5.53. The average molecular weight is 713 g/mol. The Morgan fingerprint density at radius 3 is 2.41 bits per heavy atom. The molecule has 256 valence electrons. The number of ether oxygens (including phenoxy) is 1. The van der Waals surface area contributed by atoms with Crippen LogP contribution in [0, 0.1) is 11.3 Å². The highest BCUT2D eigenvalue weighted by Crippen LogP contribution is 2.42. The van der Waals surface area contributed by atoms with Crippen molar-refractivity contribution in [3.63, 3.8) is 0 Å². The van der Waals surface area contributed by atoms with Gasteiger partial charge in [-0.05, 0) is 97.3 Å². The molecule has 0 bridgehead atoms. The van der Waals surface area contributed by atoms with E-state index in [2.05, 4.69) is 46.3 Å². The summed E-state index contributed by atoms with van der Waals surface area (Å²) in [4.78, 5) is 41.6. The molecule has 0 spiro atoms. The lowest BCUT2D eigenvalue weighted by molar-refractivity contribution is -0.114. The van der Waals surface area contributed by atoms with Gasteiger partial charge in [-0.25, -0.2) is 0 Å². The van der Waals surface area contributed by atoms with E-state index in [1.807, 2.05) is 37.3 Å². The number of amides is 3. The molecule has 51 heavy (non-hydrogen) atoms. The number of thioether (sulfide) groups is 1. The fourth-order valence-electron chi connectivity index (χ4n) is 5.91. The monoisotopic (exact) mass is 712 g/mol. The first-order valence-corrected chi connectivity index (χ1v) is 18.4. The second-order valence-corrected chi connectivity index (χ2v) is 14.0. The molecular formula is C41H36N4O4S2. The number of hydrogen-bond acceptors (Lipinski definition) is 7. The molecule has 3 N–H and O–H groups in total. The molecule has 10 heteroatoms. The minimum Gasteiger partial charge on any atom is -0.494 e. The van der Waals surface area contributed by atoms with Gasteiger partial charge in [0.25, 0.3) is 11.8 Å². The van der Waals surface area contributed by atoms with Gasteiger partial charge in [0.05, 0.1) is 17.9 Å². The summed E-state index contributed by atoms with van der Waals surface area (Å²) in [5.74, 6) is 0.0821. The molecule has 1 aliphatic carbocycles. The lowest BCUT2D eigenvalue weighted by Gasteiger charge is -2.22. The molecule has 1 heterocycles. The Kier molecular flexibility index (Phi) is 11.6. The molecule has 0 aliphatic heterocycles. The molecule has 0 fully saturated rings. The van der Waals surface area contributed by atoms with Crippen molar-refractivity contribution in [1.82, 2.24) is 5.32 Å². The Morgan fingerprint density at radius 1 is 0.941 bits per heavy atom. The van der Waals surface area contributed by atoms with E-state index < -0.39 is 11.8 Å². The van der Waals surface area contributed by atoms with Crippen LogP contribution in [0.1, 0.15) is 56.8 Å². The van der Waals surface area contributed by atoms with Crippen LogP contribution >= 0.6 is 23.1 Å². The van der Waals surface area contributed by atoms with Crippen molar-refractivity contribution in [2.75, 3.05) is 23.0 Å². The largest absolute Gasteiger partial charge is 0.494 e. The van der Waals surface area contributed by atoms with E-state index in [0.29, 0.717) is 45.7 Å². The van der Waals surface area contributed by atoms with Gasteiger partial charge in [0.1, 0.15) is 22.5 Å². The zero-order valence-electron chi connectivity index (χ0n) is 28.0. The van der Waals surface area contributed by atoms with E-state index in [4.69, 9.17) is 4.74 Å². The van der Waals surface area contributed by atoms with Crippen LogP contribution in [0.15, 0.2) is 120 Å². The average Bonchev–Trinajstić information content (AvgIpc) is 3.51. The highest BCUT2D eigenvalue weighted by molar-refractivity contribution is 8.00. The fourth-order valence-corrected chi connectivity index (χ4v) is 7.96. The van der Waals surface area contributed by atoms with Crippen molar-refractivity contribution in [3.8, 4) is 11.8 Å². The molecule has 5 aromatic rings. The summed E-state index contributed by atoms with van der Waals surface area (Å²) in [6.45, 7) is 2.44. The number of thiophene rings is 1. The second-order valence-electron chi connectivity index (χ2n) is 11.9. The van der Waals surface area contributed by atoms with Gasteiger partial charge in [0, 0.05) is 21.0 Å². The number of carbonyl (C=O) groups is 3. The van der Waals surface area contributed by atoms with Crippen molar-refractivity contribution in [1.29, 1.82) is 5.26 Å². The zero-order valence-corrected chi connectivity index (χ0v) is 29.6. The molecule has 0 saturated heterocycles. The van der Waals surface area contributed by atoms with Crippen molar-refractivity contribution in [2.24, 2.45) is 0 Å². The summed E-state index contributed by atoms with van der Waals surface area (Å²) >= 11 is 2.82. The third kappa shape index (κ3) is 9.14. The van der Waals surface area contributed by atoms with Crippen molar-refractivity contribution >= 4 is 57.6 Å². The summed E-state index contributed by atoms with van der Waals surface area (Å²) in [7, 11) is 0. The van der Waals surface area contributed by atoms with Crippen LogP contribution in [0.2, 0.25) is 0 Å². The maximum absolute atomic E-state index is 13.6. The van der Waals surface area contributed by atoms with E-state index in [9.17, 15) is 19.6 Å². The normalized spacial score (nSPS) is 13.7. The minimum absolute atomic E-state index is 0.0625. The first-order valence-electron chi connectivity index (χ1n) is 16.6. The fraction of sp³-hybridized carbons (Fsp3) is 0.171. The molecule has 0 radical (unpaired) electrons. The highest BCUT2D eigenvalue weighted by atomic mass is 32.2. The first-order chi connectivity index (χ1) is 24.9. The van der Waals surface area contributed by atoms with Crippen LogP contribution in [-0.4, -0.2) is 30.1 Å². The van der Waals surface area contributed by atoms with Gasteiger partial charge in [0.2, 0.25) is 5.91 Å². The Bertz CT molecular complexity index is 2090. The van der Waals surface area contributed by atoms with Crippen LogP contribution in [0.25, 0.3) is 6.08 Å². The van der Waals surface area contributed by atoms with Crippen LogP contribution in [0.3, 0.4) is 0 Å². The Labute approximate surface area is 305 Å². The number of nitrogens with zero attached hydrogens (tertiary/aromatic N) is 1. The van der Waals surface area contributed by atoms with E-state index >= 15 is 0 Å². The van der Waals surface area contributed by atoms with Crippen molar-refractivity contribution < 1.29 is 19.1 Å². The van der Waals surface area contributed by atoms with Crippen molar-refractivity contribution in [2.45, 2.75) is 37.0 Å². The smallest absolute Gasteiger partial charge is 0.272 e. The maximum atomic E-state index is 13.6. The van der Waals surface area contributed by atoms with Gasteiger partial charge in [-0.1, -0.05) is 66.7 Å². The molecule has 1 atom stereocenters. The van der Waals surface area contributed by atoms with E-state index in [1.165, 1.54) is 28.7 Å². The number of carbonyl (C=O) groups excluding carboxylic acids is 3. The number of nitrogens with one attached hydrogen (secondary N) is 3. The SMILES string of the molecule is CCOc1ccc(/C=C(/NC(=O)c2ccccc2)C(=O)Nc2cccc(SCC(=O)Nc3sc4c(c3C#N)CCC(c3ccccc3)C4)c2)cc1. The van der Waals surface area contributed by atoms with Crippen LogP contribution < -0.4 is 20.7 Å². The predicted octanol–water partition coefficient (Wildman–Crippen LogP) is 8.43. The molecule has 8 nitrogen and oxygen atoms in total. The molecule has 0 saturated carbocycles. The minimum atomic E-state index is -0.506. The van der Waals surface area contributed by atoms with Gasteiger partial charge in [-0.2, -0.15) is 5.26 Å². The van der Waals surface area contributed by atoms with Gasteiger partial charge < -0.3 is 20.7 Å². The quantitative estimate of drug-likeness (QED) is 0.0883. The summed E-state index contributed by atoms with van der Waals surface area (Å²) in [5, 5.41) is 19.2. The number of nitriles is 1. The summed E-state index contributed by atoms with van der Waals surface area (Å²) in [5.41, 5.74) is 4.60. The van der Waals surface area contributed by atoms with Crippen molar-refractivity contribution in [3.05, 3.63) is 148 Å². The molecule has 1 aliphatic rings. The van der Waals surface area contributed by atoms with Crippen LogP contribution in [0.4, 0.5) is 10.7 Å².